The van der Waals surface area contributed by atoms with Gasteiger partial charge in [0.05, 0.1) is 10.5 Å². The molecule has 160 valence electrons. The number of sulfonamides is 1. The molecule has 1 unspecified atom stereocenters. The second kappa shape index (κ2) is 8.33. The lowest BCUT2D eigenvalue weighted by Gasteiger charge is -2.17. The van der Waals surface area contributed by atoms with E-state index in [4.69, 9.17) is 14.2 Å². The predicted octanol–water partition coefficient (Wildman–Crippen LogP) is 2.16. The zero-order valence-corrected chi connectivity index (χ0v) is 17.8. The number of nitrogens with zero attached hydrogens (tertiary/aromatic N) is 1. The number of hydrogen-bond donors (Lipinski definition) is 1. The number of hydrogen-bond acceptors (Lipinski definition) is 7. The van der Waals surface area contributed by atoms with Crippen LogP contribution < -0.4 is 14.8 Å². The largest absolute Gasteiger partial charge is 0.454 e. The highest BCUT2D eigenvalue weighted by Crippen LogP contribution is 2.32. The van der Waals surface area contributed by atoms with E-state index in [1.54, 1.807) is 19.1 Å². The third-order valence-corrected chi connectivity index (χ3v) is 6.32. The fraction of sp³-hybridized carbons (Fsp3) is 0.300. The topological polar surface area (TPSA) is 111 Å². The zero-order chi connectivity index (χ0) is 22.1. The average Bonchev–Trinajstić information content (AvgIpc) is 3.17. The van der Waals surface area contributed by atoms with Crippen LogP contribution in [0.25, 0.3) is 0 Å². The number of ether oxygens (including phenoxy) is 3. The van der Waals surface area contributed by atoms with E-state index in [0.717, 1.165) is 4.31 Å². The van der Waals surface area contributed by atoms with Crippen LogP contribution >= 0.6 is 0 Å². The normalized spacial score (nSPS) is 13.8. The molecule has 0 aliphatic carbocycles. The van der Waals surface area contributed by atoms with E-state index in [-0.39, 0.29) is 17.3 Å². The maximum atomic E-state index is 12.5. The van der Waals surface area contributed by atoms with Gasteiger partial charge in [-0.25, -0.2) is 17.5 Å². The van der Waals surface area contributed by atoms with Crippen molar-refractivity contribution in [1.82, 2.24) is 4.31 Å². The van der Waals surface area contributed by atoms with Crippen LogP contribution in [0, 0.1) is 6.92 Å². The molecule has 0 fully saturated rings. The Balaban J connectivity index is 1.70. The van der Waals surface area contributed by atoms with Crippen molar-refractivity contribution in [2.24, 2.45) is 0 Å². The fourth-order valence-electron chi connectivity index (χ4n) is 2.65. The fourth-order valence-corrected chi connectivity index (χ4v) is 3.58. The van der Waals surface area contributed by atoms with E-state index in [2.05, 4.69) is 5.32 Å². The van der Waals surface area contributed by atoms with E-state index >= 15 is 0 Å². The summed E-state index contributed by atoms with van der Waals surface area (Å²) < 4.78 is 41.4. The highest BCUT2D eigenvalue weighted by atomic mass is 32.2. The number of carbonyl (C=O) groups excluding carboxylic acids is 2. The Morgan fingerprint density at radius 2 is 1.80 bits per heavy atom. The minimum Gasteiger partial charge on any atom is -0.454 e. The number of fused-ring (bicyclic) bond motifs is 1. The monoisotopic (exact) mass is 434 g/mol. The van der Waals surface area contributed by atoms with Crippen LogP contribution in [0.5, 0.6) is 11.5 Å². The molecule has 1 amide bonds. The lowest BCUT2D eigenvalue weighted by atomic mass is 10.2. The third-order valence-electron chi connectivity index (χ3n) is 4.51. The second-order valence-corrected chi connectivity index (χ2v) is 9.02. The molecule has 1 atom stereocenters. The number of nitrogens with one attached hydrogen (secondary N) is 1. The maximum absolute atomic E-state index is 12.5. The predicted molar refractivity (Wildman–Crippen MR) is 108 cm³/mol. The van der Waals surface area contributed by atoms with Crippen molar-refractivity contribution in [3.63, 3.8) is 0 Å². The smallest absolute Gasteiger partial charge is 0.339 e. The van der Waals surface area contributed by atoms with Crippen LogP contribution in [0.1, 0.15) is 22.8 Å². The summed E-state index contributed by atoms with van der Waals surface area (Å²) in [6, 6.07) is 9.01. The van der Waals surface area contributed by atoms with Crippen molar-refractivity contribution in [2.75, 3.05) is 26.2 Å². The van der Waals surface area contributed by atoms with E-state index in [0.29, 0.717) is 22.7 Å². The summed E-state index contributed by atoms with van der Waals surface area (Å²) in [6.07, 6.45) is -1.11. The van der Waals surface area contributed by atoms with Crippen LogP contribution in [0.2, 0.25) is 0 Å². The average molecular weight is 434 g/mol. The van der Waals surface area contributed by atoms with Crippen LogP contribution in [-0.4, -0.2) is 51.6 Å². The Morgan fingerprint density at radius 1 is 1.10 bits per heavy atom. The van der Waals surface area contributed by atoms with Gasteiger partial charge >= 0.3 is 5.97 Å². The standard InChI is InChI=1S/C20H22N2O7S/c1-12-5-7-15(30(25,26)22(3)4)10-16(12)21-19(23)13(2)29-20(24)14-6-8-17-18(9-14)28-11-27-17/h5-10,13H,11H2,1-4H3,(H,21,23). The molecule has 9 nitrogen and oxygen atoms in total. The highest BCUT2D eigenvalue weighted by Gasteiger charge is 2.23. The molecule has 1 heterocycles. The molecule has 3 rings (SSSR count). The van der Waals surface area contributed by atoms with Crippen LogP contribution in [0.15, 0.2) is 41.3 Å². The van der Waals surface area contributed by atoms with E-state index in [1.807, 2.05) is 0 Å². The lowest BCUT2D eigenvalue weighted by molar-refractivity contribution is -0.123. The molecule has 1 aliphatic heterocycles. The third kappa shape index (κ3) is 4.39. The molecule has 30 heavy (non-hydrogen) atoms. The van der Waals surface area contributed by atoms with Gasteiger partial charge in [-0.15, -0.1) is 0 Å². The quantitative estimate of drug-likeness (QED) is 0.694. The Morgan fingerprint density at radius 3 is 2.50 bits per heavy atom. The SMILES string of the molecule is Cc1ccc(S(=O)(=O)N(C)C)cc1NC(=O)C(C)OC(=O)c1ccc2c(c1)OCO2. The number of benzene rings is 2. The molecule has 0 spiro atoms. The summed E-state index contributed by atoms with van der Waals surface area (Å²) in [6.45, 7) is 3.23. The summed E-state index contributed by atoms with van der Waals surface area (Å²) in [7, 11) is -0.814. The Labute approximate surface area is 174 Å². The molecule has 0 saturated heterocycles. The van der Waals surface area contributed by atoms with Crippen molar-refractivity contribution in [3.8, 4) is 11.5 Å². The number of esters is 1. The highest BCUT2D eigenvalue weighted by molar-refractivity contribution is 7.89. The number of amides is 1. The molecule has 10 heteroatoms. The van der Waals surface area contributed by atoms with Gasteiger partial charge in [0.25, 0.3) is 5.91 Å². The molecule has 2 aromatic rings. The maximum Gasteiger partial charge on any atom is 0.339 e. The van der Waals surface area contributed by atoms with Gasteiger partial charge in [0.1, 0.15) is 0 Å². The zero-order valence-electron chi connectivity index (χ0n) is 17.0. The van der Waals surface area contributed by atoms with Gasteiger partial charge in [-0.2, -0.15) is 0 Å². The molecule has 0 bridgehead atoms. The molecule has 0 aromatic heterocycles. The minimum absolute atomic E-state index is 0.0402. The van der Waals surface area contributed by atoms with Crippen LogP contribution in [0.4, 0.5) is 5.69 Å². The van der Waals surface area contributed by atoms with E-state index < -0.39 is 28.0 Å². The summed E-state index contributed by atoms with van der Waals surface area (Å²) in [4.78, 5) is 24.9. The minimum atomic E-state index is -3.66. The molecule has 1 aliphatic rings. The second-order valence-electron chi connectivity index (χ2n) is 6.87. The molecular weight excluding hydrogens is 412 g/mol. The van der Waals surface area contributed by atoms with E-state index in [9.17, 15) is 18.0 Å². The van der Waals surface area contributed by atoms with Gasteiger partial charge in [0, 0.05) is 19.8 Å². The number of carbonyl (C=O) groups is 2. The summed E-state index contributed by atoms with van der Waals surface area (Å²) in [5.41, 5.74) is 1.19. The van der Waals surface area contributed by atoms with Crippen molar-refractivity contribution in [3.05, 3.63) is 47.5 Å². The number of aryl methyl sites for hydroxylation is 1. The Bertz CT molecular complexity index is 1100. The molecule has 2 aromatic carbocycles. The first-order valence-electron chi connectivity index (χ1n) is 9.04. The van der Waals surface area contributed by atoms with Gasteiger partial charge in [-0.3, -0.25) is 4.79 Å². The summed E-state index contributed by atoms with van der Waals surface area (Å²) >= 11 is 0. The van der Waals surface area contributed by atoms with Crippen molar-refractivity contribution >= 4 is 27.6 Å². The summed E-state index contributed by atoms with van der Waals surface area (Å²) in [5.74, 6) is -0.334. The number of rotatable bonds is 6. The van der Waals surface area contributed by atoms with Crippen LogP contribution in [-0.2, 0) is 19.6 Å². The van der Waals surface area contributed by atoms with Gasteiger partial charge in [-0.05, 0) is 49.7 Å². The van der Waals surface area contributed by atoms with Gasteiger partial charge in [0.2, 0.25) is 16.8 Å². The molecule has 0 radical (unpaired) electrons. The van der Waals surface area contributed by atoms with Gasteiger partial charge in [0.15, 0.2) is 17.6 Å². The molecule has 0 saturated carbocycles. The molecule has 1 N–H and O–H groups in total. The summed E-state index contributed by atoms with van der Waals surface area (Å²) in [5, 5.41) is 2.62. The Hall–Kier alpha value is -3.11. The first-order valence-corrected chi connectivity index (χ1v) is 10.5. The van der Waals surface area contributed by atoms with Crippen molar-refractivity contribution in [1.29, 1.82) is 0 Å². The van der Waals surface area contributed by atoms with Crippen LogP contribution in [0.3, 0.4) is 0 Å². The Kier molecular flexibility index (Phi) is 5.99. The number of anilines is 1. The van der Waals surface area contributed by atoms with Gasteiger partial charge in [-0.1, -0.05) is 6.07 Å². The van der Waals surface area contributed by atoms with Crippen molar-refractivity contribution < 1.29 is 32.2 Å². The lowest BCUT2D eigenvalue weighted by Crippen LogP contribution is -2.30. The first-order chi connectivity index (χ1) is 14.1. The molecular formula is C20H22N2O7S. The van der Waals surface area contributed by atoms with Crippen molar-refractivity contribution in [2.45, 2.75) is 24.8 Å². The van der Waals surface area contributed by atoms with E-state index in [1.165, 1.54) is 45.3 Å². The van der Waals surface area contributed by atoms with Gasteiger partial charge < -0.3 is 19.5 Å². The first kappa shape index (κ1) is 21.6.